The lowest BCUT2D eigenvalue weighted by Crippen LogP contribution is -2.54. The molecule has 126 valence electrons. The molecule has 1 nitrogen and oxygen atoms in total. The van der Waals surface area contributed by atoms with Gasteiger partial charge in [-0.05, 0) is 98.2 Å². The van der Waals surface area contributed by atoms with Gasteiger partial charge in [-0.2, -0.15) is 0 Å². The first-order chi connectivity index (χ1) is 11.1. The maximum atomic E-state index is 10.1. The quantitative estimate of drug-likeness (QED) is 0.659. The third-order valence-electron chi connectivity index (χ3n) is 9.15. The number of hydrogen-bond donors (Lipinski definition) is 1. The van der Waals surface area contributed by atoms with Gasteiger partial charge in [0.2, 0.25) is 0 Å². The normalized spacial score (nSPS) is 57.3. The van der Waals surface area contributed by atoms with Crippen molar-refractivity contribution in [2.24, 2.45) is 40.4 Å². The Bertz CT molecular complexity index is 548. The number of hydrogen-bond acceptors (Lipinski definition) is 1. The highest BCUT2D eigenvalue weighted by Gasteiger charge is 2.60. The highest BCUT2D eigenvalue weighted by molar-refractivity contribution is 5.26. The molecule has 23 heavy (non-hydrogen) atoms. The van der Waals surface area contributed by atoms with Gasteiger partial charge in [-0.1, -0.05) is 31.2 Å². The maximum absolute atomic E-state index is 10.1. The molecule has 5 rings (SSSR count). The number of aliphatic hydroxyl groups excluding tert-OH is 1. The topological polar surface area (TPSA) is 20.2 Å². The fraction of sp³-hybridized carbons (Fsp3) is 0.818. The van der Waals surface area contributed by atoms with Crippen LogP contribution in [-0.2, 0) is 0 Å². The standard InChI is InChI=1S/C22H32O/c1-21-12-9-17(23)14-16(21)5-7-18-19(21)10-13-22-11-3-2-4-15(22)6-8-20(18)22/h2-4,11,15-20,23H,5-10,12-14H2,1H3/t15-,16-,17+,18+,19-,20-,21-,22?/m0/s1. The molecule has 5 aliphatic rings. The number of aliphatic hydroxyl groups is 1. The molecule has 5 aliphatic carbocycles. The first-order valence-corrected chi connectivity index (χ1v) is 10.2. The van der Waals surface area contributed by atoms with E-state index in [-0.39, 0.29) is 6.10 Å². The Morgan fingerprint density at radius 3 is 2.74 bits per heavy atom. The van der Waals surface area contributed by atoms with Crippen LogP contribution >= 0.6 is 0 Å². The van der Waals surface area contributed by atoms with E-state index in [2.05, 4.69) is 31.2 Å². The average Bonchev–Trinajstić information content (AvgIpc) is 2.95. The fourth-order valence-electron chi connectivity index (χ4n) is 8.04. The summed E-state index contributed by atoms with van der Waals surface area (Å²) in [5.41, 5.74) is 1.04. The molecule has 0 aromatic rings. The largest absolute Gasteiger partial charge is 0.393 e. The van der Waals surface area contributed by atoms with Gasteiger partial charge < -0.3 is 5.11 Å². The minimum absolute atomic E-state index is 0.0122. The second kappa shape index (κ2) is 4.97. The molecule has 1 spiro atoms. The molecule has 0 bridgehead atoms. The summed E-state index contributed by atoms with van der Waals surface area (Å²) in [7, 11) is 0. The molecule has 4 fully saturated rings. The molecule has 1 heteroatoms. The van der Waals surface area contributed by atoms with Crippen molar-refractivity contribution >= 4 is 0 Å². The van der Waals surface area contributed by atoms with Crippen molar-refractivity contribution < 1.29 is 5.11 Å². The van der Waals surface area contributed by atoms with Gasteiger partial charge in [0.25, 0.3) is 0 Å². The Hall–Kier alpha value is -0.560. The minimum atomic E-state index is -0.0122. The summed E-state index contributed by atoms with van der Waals surface area (Å²) in [5, 5.41) is 10.1. The van der Waals surface area contributed by atoms with Gasteiger partial charge in [0.05, 0.1) is 6.10 Å². The zero-order valence-corrected chi connectivity index (χ0v) is 14.6. The summed E-state index contributed by atoms with van der Waals surface area (Å²) in [6.45, 7) is 2.60. The molecule has 1 N–H and O–H groups in total. The second-order valence-corrected chi connectivity index (χ2v) is 9.66. The van der Waals surface area contributed by atoms with Gasteiger partial charge in [0, 0.05) is 0 Å². The zero-order valence-electron chi connectivity index (χ0n) is 14.6. The molecule has 0 aliphatic heterocycles. The summed E-state index contributed by atoms with van der Waals surface area (Å²) in [5.74, 6) is 4.46. The highest BCUT2D eigenvalue weighted by Crippen LogP contribution is 2.68. The van der Waals surface area contributed by atoms with E-state index in [9.17, 15) is 5.11 Å². The van der Waals surface area contributed by atoms with Crippen LogP contribution in [0.2, 0.25) is 0 Å². The average molecular weight is 312 g/mol. The smallest absolute Gasteiger partial charge is 0.0543 e. The van der Waals surface area contributed by atoms with Crippen molar-refractivity contribution in [1.29, 1.82) is 0 Å². The van der Waals surface area contributed by atoms with Gasteiger partial charge in [-0.15, -0.1) is 0 Å². The molecule has 0 heterocycles. The molecular weight excluding hydrogens is 280 g/mol. The van der Waals surface area contributed by atoms with Gasteiger partial charge in [-0.25, -0.2) is 0 Å². The number of rotatable bonds is 0. The highest BCUT2D eigenvalue weighted by atomic mass is 16.3. The van der Waals surface area contributed by atoms with Crippen molar-refractivity contribution in [2.75, 3.05) is 0 Å². The SMILES string of the molecule is C[C@]12CC[C@@H](O)C[C@@H]1CC[C@H]1[C@@H]3CC[C@@H]4C=CC=CC43CC[C@@H]12. The van der Waals surface area contributed by atoms with Gasteiger partial charge in [-0.3, -0.25) is 0 Å². The fourth-order valence-corrected chi connectivity index (χ4v) is 8.04. The van der Waals surface area contributed by atoms with Crippen LogP contribution in [0.5, 0.6) is 0 Å². The molecule has 1 unspecified atom stereocenters. The van der Waals surface area contributed by atoms with E-state index in [4.69, 9.17) is 0 Å². The summed E-state index contributed by atoms with van der Waals surface area (Å²) >= 11 is 0. The van der Waals surface area contributed by atoms with Crippen LogP contribution in [0.3, 0.4) is 0 Å². The Balaban J connectivity index is 1.47. The van der Waals surface area contributed by atoms with E-state index in [0.29, 0.717) is 10.8 Å². The third kappa shape index (κ3) is 1.89. The van der Waals surface area contributed by atoms with Crippen molar-refractivity contribution in [3.63, 3.8) is 0 Å². The summed E-state index contributed by atoms with van der Waals surface area (Å²) in [6, 6.07) is 0. The van der Waals surface area contributed by atoms with E-state index in [0.717, 1.165) is 42.4 Å². The molecule has 4 saturated carbocycles. The monoisotopic (exact) mass is 312 g/mol. The van der Waals surface area contributed by atoms with E-state index >= 15 is 0 Å². The summed E-state index contributed by atoms with van der Waals surface area (Å²) in [4.78, 5) is 0. The van der Waals surface area contributed by atoms with Crippen LogP contribution < -0.4 is 0 Å². The van der Waals surface area contributed by atoms with Crippen LogP contribution in [0.25, 0.3) is 0 Å². The molecule has 0 saturated heterocycles. The lowest BCUT2D eigenvalue weighted by Gasteiger charge is -2.61. The Kier molecular flexibility index (Phi) is 3.19. The van der Waals surface area contributed by atoms with Gasteiger partial charge in [0.1, 0.15) is 0 Å². The van der Waals surface area contributed by atoms with E-state index in [1.807, 2.05) is 0 Å². The Labute approximate surface area is 141 Å². The predicted molar refractivity (Wildman–Crippen MR) is 93.8 cm³/mol. The molecule has 8 atom stereocenters. The molecule has 0 amide bonds. The van der Waals surface area contributed by atoms with Crippen LogP contribution in [0.1, 0.15) is 64.7 Å². The predicted octanol–water partition coefficient (Wildman–Crippen LogP) is 5.11. The van der Waals surface area contributed by atoms with Crippen molar-refractivity contribution in [3.8, 4) is 0 Å². The summed E-state index contributed by atoms with van der Waals surface area (Å²) in [6.07, 6.45) is 21.8. The van der Waals surface area contributed by atoms with Crippen molar-refractivity contribution in [3.05, 3.63) is 24.3 Å². The van der Waals surface area contributed by atoms with Crippen LogP contribution in [-0.4, -0.2) is 11.2 Å². The van der Waals surface area contributed by atoms with Crippen molar-refractivity contribution in [2.45, 2.75) is 70.8 Å². The van der Waals surface area contributed by atoms with Gasteiger partial charge >= 0.3 is 0 Å². The molecule has 0 aromatic heterocycles. The molecular formula is C22H32O. The van der Waals surface area contributed by atoms with E-state index < -0.39 is 0 Å². The third-order valence-corrected chi connectivity index (χ3v) is 9.15. The summed E-state index contributed by atoms with van der Waals surface area (Å²) < 4.78 is 0. The molecule has 0 radical (unpaired) electrons. The lowest BCUT2D eigenvalue weighted by molar-refractivity contribution is -0.119. The van der Waals surface area contributed by atoms with Gasteiger partial charge in [0.15, 0.2) is 0 Å². The second-order valence-electron chi connectivity index (χ2n) is 9.66. The van der Waals surface area contributed by atoms with Crippen molar-refractivity contribution in [1.82, 2.24) is 0 Å². The van der Waals surface area contributed by atoms with E-state index in [1.54, 1.807) is 0 Å². The van der Waals surface area contributed by atoms with E-state index in [1.165, 1.54) is 44.9 Å². The number of fused-ring (bicyclic) bond motifs is 4. The van der Waals surface area contributed by atoms with Crippen LogP contribution in [0.15, 0.2) is 24.3 Å². The first kappa shape index (κ1) is 14.8. The number of allylic oxidation sites excluding steroid dienone is 4. The van der Waals surface area contributed by atoms with Crippen LogP contribution in [0, 0.1) is 40.4 Å². The molecule has 0 aromatic carbocycles. The van der Waals surface area contributed by atoms with Crippen LogP contribution in [0.4, 0.5) is 0 Å². The zero-order chi connectivity index (χ0) is 15.7. The first-order valence-electron chi connectivity index (χ1n) is 10.2. The minimum Gasteiger partial charge on any atom is -0.393 e. The Morgan fingerprint density at radius 2 is 1.83 bits per heavy atom. The maximum Gasteiger partial charge on any atom is 0.0543 e. The Morgan fingerprint density at radius 1 is 0.913 bits per heavy atom. The lowest BCUT2D eigenvalue weighted by atomic mass is 9.44.